The smallest absolute Gasteiger partial charge is 0.255 e. The highest BCUT2D eigenvalue weighted by molar-refractivity contribution is 6.30. The van der Waals surface area contributed by atoms with Gasteiger partial charge in [0.15, 0.2) is 5.43 Å². The Hall–Kier alpha value is -3.22. The van der Waals surface area contributed by atoms with Gasteiger partial charge < -0.3 is 9.40 Å². The molecule has 0 saturated carbocycles. The van der Waals surface area contributed by atoms with Crippen LogP contribution >= 0.6 is 11.6 Å². The standard InChI is InChI=1S/C25H22ClN3O3/c1-14-9-15(2)22-21(10-14)32-13-17(23(22)30)11-29-8-7-20-19(12-29)25(31)28-24(27-20)16-3-5-18(26)6-4-16/h3-6,9-10,13H,7-8,11-12H2,1-2H3,(H,27,28,31). The number of benzene rings is 2. The number of aromatic amines is 1. The van der Waals surface area contributed by atoms with Crippen LogP contribution in [0.25, 0.3) is 22.4 Å². The van der Waals surface area contributed by atoms with Crippen molar-refractivity contribution in [1.29, 1.82) is 0 Å². The Bertz CT molecular complexity index is 1450. The number of H-pyrrole nitrogens is 1. The van der Waals surface area contributed by atoms with Crippen molar-refractivity contribution in [3.8, 4) is 11.4 Å². The summed E-state index contributed by atoms with van der Waals surface area (Å²) in [5, 5.41) is 1.26. The van der Waals surface area contributed by atoms with Gasteiger partial charge >= 0.3 is 0 Å². The summed E-state index contributed by atoms with van der Waals surface area (Å²) < 4.78 is 5.78. The van der Waals surface area contributed by atoms with Gasteiger partial charge in [-0.25, -0.2) is 4.98 Å². The highest BCUT2D eigenvalue weighted by atomic mass is 35.5. The molecule has 4 aromatic rings. The fourth-order valence-corrected chi connectivity index (χ4v) is 4.50. The van der Waals surface area contributed by atoms with E-state index in [-0.39, 0.29) is 11.0 Å². The van der Waals surface area contributed by atoms with Crippen LogP contribution in [0, 0.1) is 13.8 Å². The molecule has 0 spiro atoms. The van der Waals surface area contributed by atoms with E-state index in [4.69, 9.17) is 16.0 Å². The third-order valence-corrected chi connectivity index (χ3v) is 6.20. The second-order valence-electron chi connectivity index (χ2n) is 8.35. The number of fused-ring (bicyclic) bond motifs is 2. The SMILES string of the molecule is Cc1cc(C)c2c(=O)c(CN3CCc4nc(-c5ccc(Cl)cc5)[nH]c(=O)c4C3)coc2c1. The Kier molecular flexibility index (Phi) is 5.19. The molecule has 0 saturated heterocycles. The van der Waals surface area contributed by atoms with E-state index < -0.39 is 0 Å². The lowest BCUT2D eigenvalue weighted by atomic mass is 10.0. The van der Waals surface area contributed by atoms with Crippen LogP contribution in [0.4, 0.5) is 0 Å². The van der Waals surface area contributed by atoms with Gasteiger partial charge in [-0.05, 0) is 55.3 Å². The largest absolute Gasteiger partial charge is 0.464 e. The van der Waals surface area contributed by atoms with Crippen LogP contribution in [0.3, 0.4) is 0 Å². The monoisotopic (exact) mass is 447 g/mol. The van der Waals surface area contributed by atoms with Gasteiger partial charge in [0.2, 0.25) is 0 Å². The molecule has 2 aromatic heterocycles. The maximum atomic E-state index is 13.1. The van der Waals surface area contributed by atoms with E-state index in [2.05, 4.69) is 14.9 Å². The predicted octanol–water partition coefficient (Wildman–Crippen LogP) is 4.37. The van der Waals surface area contributed by atoms with E-state index >= 15 is 0 Å². The first-order chi connectivity index (χ1) is 15.4. The molecule has 5 rings (SSSR count). The number of hydrogen-bond donors (Lipinski definition) is 1. The molecule has 0 aliphatic carbocycles. The second kappa shape index (κ2) is 8.04. The van der Waals surface area contributed by atoms with Gasteiger partial charge in [0.05, 0.1) is 22.9 Å². The van der Waals surface area contributed by atoms with Gasteiger partial charge in [0, 0.05) is 42.2 Å². The summed E-state index contributed by atoms with van der Waals surface area (Å²) in [4.78, 5) is 35.6. The van der Waals surface area contributed by atoms with Crippen LogP contribution in [0.15, 0.2) is 56.7 Å². The van der Waals surface area contributed by atoms with Crippen molar-refractivity contribution in [2.24, 2.45) is 0 Å². The minimum absolute atomic E-state index is 0.0142. The van der Waals surface area contributed by atoms with Crippen molar-refractivity contribution in [2.45, 2.75) is 33.4 Å². The zero-order valence-corrected chi connectivity index (χ0v) is 18.6. The summed E-state index contributed by atoms with van der Waals surface area (Å²) in [6.45, 7) is 5.46. The molecule has 162 valence electrons. The van der Waals surface area contributed by atoms with E-state index in [0.717, 1.165) is 22.4 Å². The maximum Gasteiger partial charge on any atom is 0.255 e. The van der Waals surface area contributed by atoms with Crippen LogP contribution in [0.1, 0.15) is 27.9 Å². The summed E-state index contributed by atoms with van der Waals surface area (Å²) in [5.74, 6) is 0.541. The van der Waals surface area contributed by atoms with Crippen LogP contribution in [-0.2, 0) is 19.5 Å². The highest BCUT2D eigenvalue weighted by Gasteiger charge is 2.23. The molecule has 6 nitrogen and oxygen atoms in total. The number of nitrogens with zero attached hydrogens (tertiary/aromatic N) is 2. The average Bonchev–Trinajstić information content (AvgIpc) is 2.76. The number of aromatic nitrogens is 2. The first-order valence-corrected chi connectivity index (χ1v) is 10.9. The summed E-state index contributed by atoms with van der Waals surface area (Å²) in [5.41, 5.74) is 5.26. The Labute approximate surface area is 189 Å². The molecule has 3 heterocycles. The van der Waals surface area contributed by atoms with Gasteiger partial charge in [-0.2, -0.15) is 0 Å². The minimum atomic E-state index is -0.151. The molecule has 32 heavy (non-hydrogen) atoms. The zero-order valence-electron chi connectivity index (χ0n) is 17.9. The Morgan fingerprint density at radius 2 is 1.94 bits per heavy atom. The van der Waals surface area contributed by atoms with Gasteiger partial charge in [-0.3, -0.25) is 14.5 Å². The van der Waals surface area contributed by atoms with E-state index in [1.54, 1.807) is 18.4 Å². The topological polar surface area (TPSA) is 79.2 Å². The minimum Gasteiger partial charge on any atom is -0.464 e. The van der Waals surface area contributed by atoms with E-state index in [0.29, 0.717) is 59.0 Å². The van der Waals surface area contributed by atoms with Gasteiger partial charge in [-0.15, -0.1) is 0 Å². The van der Waals surface area contributed by atoms with Crippen LogP contribution in [0.2, 0.25) is 5.02 Å². The normalized spacial score (nSPS) is 14.0. The molecule has 0 bridgehead atoms. The number of aryl methyl sites for hydroxylation is 2. The van der Waals surface area contributed by atoms with Crippen LogP contribution < -0.4 is 11.0 Å². The van der Waals surface area contributed by atoms with Crippen molar-refractivity contribution in [3.63, 3.8) is 0 Å². The predicted molar refractivity (Wildman–Crippen MR) is 125 cm³/mol. The average molecular weight is 448 g/mol. The number of halogens is 1. The Morgan fingerprint density at radius 1 is 1.16 bits per heavy atom. The zero-order chi connectivity index (χ0) is 22.4. The molecule has 0 fully saturated rings. The van der Waals surface area contributed by atoms with Gasteiger partial charge in [-0.1, -0.05) is 17.7 Å². The fourth-order valence-electron chi connectivity index (χ4n) is 4.37. The van der Waals surface area contributed by atoms with E-state index in [1.165, 1.54) is 0 Å². The number of hydrogen-bond acceptors (Lipinski definition) is 5. The second-order valence-corrected chi connectivity index (χ2v) is 8.79. The molecule has 0 atom stereocenters. The van der Waals surface area contributed by atoms with Gasteiger partial charge in [0.1, 0.15) is 11.4 Å². The van der Waals surface area contributed by atoms with Crippen molar-refractivity contribution < 1.29 is 4.42 Å². The summed E-state index contributed by atoms with van der Waals surface area (Å²) in [6.07, 6.45) is 2.18. The van der Waals surface area contributed by atoms with E-state index in [9.17, 15) is 9.59 Å². The summed E-state index contributed by atoms with van der Waals surface area (Å²) >= 11 is 5.96. The molecule has 1 N–H and O–H groups in total. The molecular formula is C25H22ClN3O3. The van der Waals surface area contributed by atoms with Crippen molar-refractivity contribution in [1.82, 2.24) is 14.9 Å². The molecule has 2 aromatic carbocycles. The van der Waals surface area contributed by atoms with Crippen molar-refractivity contribution in [2.75, 3.05) is 6.54 Å². The molecule has 1 aliphatic heterocycles. The lowest BCUT2D eigenvalue weighted by Crippen LogP contribution is -2.36. The fraction of sp³-hybridized carbons (Fsp3) is 0.240. The third-order valence-electron chi connectivity index (χ3n) is 5.95. The lowest BCUT2D eigenvalue weighted by Gasteiger charge is -2.27. The third kappa shape index (κ3) is 3.76. The molecule has 0 radical (unpaired) electrons. The summed E-state index contributed by atoms with van der Waals surface area (Å²) in [6, 6.07) is 11.1. The number of nitrogens with one attached hydrogen (secondary N) is 1. The molecule has 1 aliphatic rings. The molecular weight excluding hydrogens is 426 g/mol. The van der Waals surface area contributed by atoms with Gasteiger partial charge in [0.25, 0.3) is 5.56 Å². The van der Waals surface area contributed by atoms with E-state index in [1.807, 2.05) is 38.1 Å². The van der Waals surface area contributed by atoms with Crippen molar-refractivity contribution in [3.05, 3.63) is 96.2 Å². The van der Waals surface area contributed by atoms with Crippen molar-refractivity contribution >= 4 is 22.6 Å². The lowest BCUT2D eigenvalue weighted by molar-refractivity contribution is 0.239. The highest BCUT2D eigenvalue weighted by Crippen LogP contribution is 2.22. The quantitative estimate of drug-likeness (QED) is 0.504. The van der Waals surface area contributed by atoms with Crippen LogP contribution in [0.5, 0.6) is 0 Å². The molecule has 0 amide bonds. The van der Waals surface area contributed by atoms with Crippen LogP contribution in [-0.4, -0.2) is 21.4 Å². The first-order valence-electron chi connectivity index (χ1n) is 10.5. The summed E-state index contributed by atoms with van der Waals surface area (Å²) in [7, 11) is 0. The first kappa shape index (κ1) is 20.7. The number of rotatable bonds is 3. The Balaban J connectivity index is 1.43. The molecule has 7 heteroatoms. The maximum absolute atomic E-state index is 13.1. The molecule has 0 unspecified atom stereocenters. The Morgan fingerprint density at radius 3 is 2.72 bits per heavy atom.